The zero-order valence-electron chi connectivity index (χ0n) is 26.6. The van der Waals surface area contributed by atoms with Crippen LogP contribution in [0.1, 0.15) is 45.3 Å². The minimum Gasteiger partial charge on any atom is -0.504 e. The van der Waals surface area contributed by atoms with Gasteiger partial charge >= 0.3 is 0 Å². The smallest absolute Gasteiger partial charge is 0.204 e. The van der Waals surface area contributed by atoms with E-state index >= 15 is 0 Å². The third-order valence-corrected chi connectivity index (χ3v) is 9.48. The number of aromatic hydroxyl groups is 1. The summed E-state index contributed by atoms with van der Waals surface area (Å²) < 4.78 is 31.0. The molecule has 0 aromatic heterocycles. The summed E-state index contributed by atoms with van der Waals surface area (Å²) in [7, 11) is 9.32. The van der Waals surface area contributed by atoms with Crippen LogP contribution in [0.4, 0.5) is 0 Å². The topological polar surface area (TPSA) is 72.9 Å². The van der Waals surface area contributed by atoms with Crippen LogP contribution >= 0.6 is 0 Å². The second-order valence-electron chi connectivity index (χ2n) is 12.4. The van der Waals surface area contributed by atoms with E-state index in [2.05, 4.69) is 54.2 Å². The van der Waals surface area contributed by atoms with E-state index in [1.54, 1.807) is 27.4 Å². The molecule has 4 aromatic carbocycles. The summed E-state index contributed by atoms with van der Waals surface area (Å²) in [5, 5.41) is 10.7. The van der Waals surface area contributed by atoms with Crippen LogP contribution in [-0.2, 0) is 25.8 Å². The van der Waals surface area contributed by atoms with Crippen LogP contribution in [-0.4, -0.2) is 63.4 Å². The predicted octanol–water partition coefficient (Wildman–Crippen LogP) is 6.86. The minimum absolute atomic E-state index is 0.0617. The fourth-order valence-electron chi connectivity index (χ4n) is 7.24. The molecule has 45 heavy (non-hydrogen) atoms. The van der Waals surface area contributed by atoms with Gasteiger partial charge in [0.25, 0.3) is 0 Å². The summed E-state index contributed by atoms with van der Waals surface area (Å²) in [6.45, 7) is 2.51. The summed E-state index contributed by atoms with van der Waals surface area (Å²) in [6.07, 6.45) is 2.45. The van der Waals surface area contributed by atoms with E-state index < -0.39 is 0 Å². The number of nitrogens with zero attached hydrogens (tertiary/aromatic N) is 2. The Morgan fingerprint density at radius 3 is 2.29 bits per heavy atom. The molecular weight excluding hydrogens is 568 g/mol. The molecule has 1 N–H and O–H groups in total. The monoisotopic (exact) mass is 608 g/mol. The first kappa shape index (κ1) is 29.3. The Balaban J connectivity index is 1.46. The number of hydrogen-bond acceptors (Lipinski definition) is 8. The van der Waals surface area contributed by atoms with E-state index in [9.17, 15) is 5.11 Å². The molecule has 4 aliphatic rings. The number of rotatable bonds is 3. The number of benzene rings is 4. The molecule has 0 unspecified atom stereocenters. The van der Waals surface area contributed by atoms with E-state index in [0.717, 1.165) is 49.2 Å². The molecule has 8 heteroatoms. The van der Waals surface area contributed by atoms with Crippen LogP contribution in [0.5, 0.6) is 46.0 Å². The lowest BCUT2D eigenvalue weighted by atomic mass is 9.84. The van der Waals surface area contributed by atoms with Crippen molar-refractivity contribution in [3.63, 3.8) is 0 Å². The van der Waals surface area contributed by atoms with E-state index in [-0.39, 0.29) is 17.7 Å². The standard InChI is InChI=1S/C37H40N2O6/c1-38-20-25-14-23-8-11-30(40)31(16-23)44-27-9-6-22(7-10-27)15-29-28-19-33(32(41-3)17-24(28)12-13-39(29)2)45-37-35(25)26(21-38)18-34(42-4)36(37)43-5/h6-11,16-19,25,29,40H,12-15,20-21H2,1-5H3/t25-,29-/m0/s1. The van der Waals surface area contributed by atoms with Gasteiger partial charge in [-0.05, 0) is 104 Å². The summed E-state index contributed by atoms with van der Waals surface area (Å²) in [5.41, 5.74) is 6.95. The van der Waals surface area contributed by atoms with Gasteiger partial charge in [0.1, 0.15) is 5.75 Å². The molecule has 4 aromatic rings. The third-order valence-electron chi connectivity index (χ3n) is 9.48. The molecule has 234 valence electrons. The van der Waals surface area contributed by atoms with Crippen molar-refractivity contribution in [2.24, 2.45) is 0 Å². The molecule has 0 radical (unpaired) electrons. The fraction of sp³-hybridized carbons (Fsp3) is 0.351. The van der Waals surface area contributed by atoms with Gasteiger partial charge < -0.3 is 33.7 Å². The van der Waals surface area contributed by atoms with Gasteiger partial charge in [-0.2, -0.15) is 0 Å². The first-order valence-electron chi connectivity index (χ1n) is 15.5. The predicted molar refractivity (Wildman–Crippen MR) is 173 cm³/mol. The maximum atomic E-state index is 10.7. The Hall–Kier alpha value is -4.40. The molecule has 8 nitrogen and oxygen atoms in total. The Bertz CT molecular complexity index is 1740. The van der Waals surface area contributed by atoms with E-state index in [0.29, 0.717) is 46.7 Å². The average molecular weight is 609 g/mol. The van der Waals surface area contributed by atoms with Crippen molar-refractivity contribution in [2.45, 2.75) is 37.8 Å². The first-order chi connectivity index (χ1) is 21.8. The Kier molecular flexibility index (Phi) is 7.71. The highest BCUT2D eigenvalue weighted by atomic mass is 16.5. The number of hydrogen-bond donors (Lipinski definition) is 1. The number of fused-ring (bicyclic) bond motifs is 2. The lowest BCUT2D eigenvalue weighted by Crippen LogP contribution is -2.33. The highest BCUT2D eigenvalue weighted by Gasteiger charge is 2.34. The molecule has 0 spiro atoms. The molecule has 4 aliphatic heterocycles. The molecule has 0 amide bonds. The second kappa shape index (κ2) is 11.8. The second-order valence-corrected chi connectivity index (χ2v) is 12.4. The van der Waals surface area contributed by atoms with Gasteiger partial charge in [0.05, 0.1) is 21.3 Å². The number of methoxy groups -OCH3 is 3. The van der Waals surface area contributed by atoms with Crippen molar-refractivity contribution >= 4 is 0 Å². The van der Waals surface area contributed by atoms with Crippen LogP contribution in [0.2, 0.25) is 0 Å². The van der Waals surface area contributed by atoms with Crippen molar-refractivity contribution in [1.29, 1.82) is 0 Å². The maximum absolute atomic E-state index is 10.7. The van der Waals surface area contributed by atoms with Crippen LogP contribution in [0.15, 0.2) is 60.7 Å². The molecule has 0 aliphatic carbocycles. The van der Waals surface area contributed by atoms with E-state index in [1.807, 2.05) is 24.3 Å². The normalized spacial score (nSPS) is 19.4. The van der Waals surface area contributed by atoms with Crippen LogP contribution in [0.25, 0.3) is 0 Å². The Morgan fingerprint density at radius 2 is 1.53 bits per heavy atom. The molecule has 0 fully saturated rings. The fourth-order valence-corrected chi connectivity index (χ4v) is 7.24. The Morgan fingerprint density at radius 1 is 0.778 bits per heavy atom. The minimum atomic E-state index is 0.0617. The molecule has 4 heterocycles. The summed E-state index contributed by atoms with van der Waals surface area (Å²) >= 11 is 0. The van der Waals surface area contributed by atoms with Gasteiger partial charge in [0.2, 0.25) is 5.75 Å². The van der Waals surface area contributed by atoms with Crippen LogP contribution in [0, 0.1) is 0 Å². The molecule has 0 saturated carbocycles. The van der Waals surface area contributed by atoms with Gasteiger partial charge in [-0.3, -0.25) is 4.90 Å². The van der Waals surface area contributed by atoms with Crippen molar-refractivity contribution in [3.05, 3.63) is 94.0 Å². The van der Waals surface area contributed by atoms with Crippen molar-refractivity contribution in [3.8, 4) is 46.0 Å². The highest BCUT2D eigenvalue weighted by molar-refractivity contribution is 5.64. The van der Waals surface area contributed by atoms with E-state index in [1.165, 1.54) is 16.7 Å². The summed E-state index contributed by atoms with van der Waals surface area (Å²) in [6, 6.07) is 20.3. The number of phenols is 1. The summed E-state index contributed by atoms with van der Waals surface area (Å²) in [5.74, 6) is 4.47. The van der Waals surface area contributed by atoms with E-state index in [4.69, 9.17) is 23.7 Å². The van der Waals surface area contributed by atoms with Gasteiger partial charge in [-0.25, -0.2) is 0 Å². The number of likely N-dealkylation sites (N-methyl/N-ethyl adjacent to an activating group) is 2. The van der Waals surface area contributed by atoms with Gasteiger partial charge in [-0.15, -0.1) is 0 Å². The zero-order chi connectivity index (χ0) is 31.2. The Labute approximate surface area is 264 Å². The quantitative estimate of drug-likeness (QED) is 0.271. The molecule has 6 bridgehead atoms. The average Bonchev–Trinajstić information content (AvgIpc) is 3.03. The largest absolute Gasteiger partial charge is 0.504 e. The maximum Gasteiger partial charge on any atom is 0.204 e. The first-order valence-corrected chi connectivity index (χ1v) is 15.5. The third kappa shape index (κ3) is 5.42. The molecule has 8 rings (SSSR count). The summed E-state index contributed by atoms with van der Waals surface area (Å²) in [4.78, 5) is 4.72. The molecule has 0 saturated heterocycles. The number of ether oxygens (including phenoxy) is 5. The lowest BCUT2D eigenvalue weighted by molar-refractivity contribution is 0.228. The van der Waals surface area contributed by atoms with Gasteiger partial charge in [-0.1, -0.05) is 18.2 Å². The van der Waals surface area contributed by atoms with Crippen molar-refractivity contribution < 1.29 is 28.8 Å². The van der Waals surface area contributed by atoms with Crippen LogP contribution < -0.4 is 23.7 Å². The number of phenolic OH excluding ortho intramolecular Hbond substituents is 1. The van der Waals surface area contributed by atoms with Gasteiger partial charge in [0, 0.05) is 37.2 Å². The van der Waals surface area contributed by atoms with Gasteiger partial charge in [0.15, 0.2) is 34.5 Å². The van der Waals surface area contributed by atoms with Crippen LogP contribution in [0.3, 0.4) is 0 Å². The van der Waals surface area contributed by atoms with Crippen molar-refractivity contribution in [2.75, 3.05) is 48.5 Å². The zero-order valence-corrected chi connectivity index (χ0v) is 26.6. The SMILES string of the molecule is COc1cc2c3cc1Oc1c(OC)c(OC)cc4c1[C@@H](Cc1ccc(O)c(c1)Oc1ccc(cc1)C[C@@H]3N(C)CC2)CN(C)C4. The molecule has 2 atom stereocenters. The lowest BCUT2D eigenvalue weighted by Gasteiger charge is -2.36. The highest BCUT2D eigenvalue weighted by Crippen LogP contribution is 2.51. The van der Waals surface area contributed by atoms with Crippen molar-refractivity contribution in [1.82, 2.24) is 9.80 Å². The molecular formula is C37H40N2O6.